The molecule has 3 aromatic rings. The Morgan fingerprint density at radius 1 is 1.11 bits per heavy atom. The number of halogens is 3. The highest BCUT2D eigenvalue weighted by Crippen LogP contribution is 2.47. The van der Waals surface area contributed by atoms with Crippen LogP contribution in [0.2, 0.25) is 5.02 Å². The van der Waals surface area contributed by atoms with Crippen LogP contribution in [0.4, 0.5) is 25.1 Å². The zero-order valence-corrected chi connectivity index (χ0v) is 27.0. The van der Waals surface area contributed by atoms with Crippen LogP contribution in [0.5, 0.6) is 6.01 Å². The van der Waals surface area contributed by atoms with Crippen LogP contribution in [0.3, 0.4) is 0 Å². The van der Waals surface area contributed by atoms with Crippen molar-refractivity contribution in [3.8, 4) is 6.01 Å². The third-order valence-electron chi connectivity index (χ3n) is 9.62. The summed E-state index contributed by atoms with van der Waals surface area (Å²) < 4.78 is 35.6. The Labute approximate surface area is 267 Å². The SMILES string of the molecule is CN1CCC[C@H]1COc1nc2c(c(N3CCN(C(=O)O)C[C@@H]3C(F)F)n1)C(C(C)(C)C)CN(c1cccc3cccc(Cl)c13)C2. The first-order valence-electron chi connectivity index (χ1n) is 15.6. The molecular weight excluding hydrogens is 602 g/mol. The number of likely N-dealkylation sites (N-methyl/N-ethyl adjacent to an activating group) is 1. The number of nitrogens with zero attached hydrogens (tertiary/aromatic N) is 6. The van der Waals surface area contributed by atoms with Crippen LogP contribution in [0.1, 0.15) is 50.8 Å². The Hall–Kier alpha value is -3.44. The average molecular weight is 643 g/mol. The highest BCUT2D eigenvalue weighted by Gasteiger charge is 2.43. The molecule has 0 radical (unpaired) electrons. The maximum Gasteiger partial charge on any atom is 0.407 e. The van der Waals surface area contributed by atoms with Crippen molar-refractivity contribution in [2.24, 2.45) is 5.41 Å². The molecule has 0 bridgehead atoms. The van der Waals surface area contributed by atoms with E-state index in [9.17, 15) is 18.7 Å². The fourth-order valence-electron chi connectivity index (χ4n) is 7.05. The predicted molar refractivity (Wildman–Crippen MR) is 172 cm³/mol. The summed E-state index contributed by atoms with van der Waals surface area (Å²) >= 11 is 6.76. The number of anilines is 2. The summed E-state index contributed by atoms with van der Waals surface area (Å²) in [4.78, 5) is 28.8. The molecule has 2 fully saturated rings. The van der Waals surface area contributed by atoms with Crippen LogP contribution in [-0.4, -0.2) is 95.9 Å². The third-order valence-corrected chi connectivity index (χ3v) is 9.94. The second-order valence-electron chi connectivity index (χ2n) is 13.5. The van der Waals surface area contributed by atoms with Gasteiger partial charge in [-0.1, -0.05) is 56.6 Å². The van der Waals surface area contributed by atoms with Crippen LogP contribution in [0, 0.1) is 5.41 Å². The first-order chi connectivity index (χ1) is 21.4. The molecule has 0 spiro atoms. The Kier molecular flexibility index (Phi) is 8.69. The smallest absolute Gasteiger partial charge is 0.407 e. The van der Waals surface area contributed by atoms with Gasteiger partial charge in [0.15, 0.2) is 0 Å². The molecule has 2 aromatic carbocycles. The number of likely N-dealkylation sites (tertiary alicyclic amines) is 1. The summed E-state index contributed by atoms with van der Waals surface area (Å²) in [5, 5.41) is 12.2. The van der Waals surface area contributed by atoms with Crippen molar-refractivity contribution in [3.05, 3.63) is 52.7 Å². The molecule has 45 heavy (non-hydrogen) atoms. The Morgan fingerprint density at radius 3 is 2.53 bits per heavy atom. The van der Waals surface area contributed by atoms with Gasteiger partial charge in [0.1, 0.15) is 18.5 Å². The third kappa shape index (κ3) is 6.21. The molecule has 12 heteroatoms. The molecular formula is C33H41ClF2N6O3. The van der Waals surface area contributed by atoms with E-state index in [1.54, 1.807) is 4.90 Å². The molecule has 6 rings (SSSR count). The number of hydrogen-bond donors (Lipinski definition) is 1. The Bertz CT molecular complexity index is 1560. The topological polar surface area (TPSA) is 85.3 Å². The monoisotopic (exact) mass is 642 g/mol. The molecule has 3 aliphatic heterocycles. The fraction of sp³-hybridized carbons (Fsp3) is 0.545. The Balaban J connectivity index is 1.47. The first-order valence-corrected chi connectivity index (χ1v) is 16.0. The van der Waals surface area contributed by atoms with Gasteiger partial charge in [0.05, 0.1) is 23.8 Å². The molecule has 9 nitrogen and oxygen atoms in total. The van der Waals surface area contributed by atoms with E-state index in [2.05, 4.69) is 43.7 Å². The van der Waals surface area contributed by atoms with Crippen LogP contribution in [-0.2, 0) is 6.54 Å². The van der Waals surface area contributed by atoms with Gasteiger partial charge >= 0.3 is 12.1 Å². The van der Waals surface area contributed by atoms with Crippen LogP contribution < -0.4 is 14.5 Å². The summed E-state index contributed by atoms with van der Waals surface area (Å²) in [6.45, 7) is 8.68. The second-order valence-corrected chi connectivity index (χ2v) is 13.9. The predicted octanol–water partition coefficient (Wildman–Crippen LogP) is 6.34. The van der Waals surface area contributed by atoms with Gasteiger partial charge in [0.2, 0.25) is 0 Å². The minimum Gasteiger partial charge on any atom is -0.465 e. The van der Waals surface area contributed by atoms with Crippen molar-refractivity contribution in [2.75, 3.05) is 56.2 Å². The highest BCUT2D eigenvalue weighted by atomic mass is 35.5. The minimum atomic E-state index is -2.78. The van der Waals surface area contributed by atoms with E-state index >= 15 is 0 Å². The molecule has 242 valence electrons. The number of hydrogen-bond acceptors (Lipinski definition) is 7. The van der Waals surface area contributed by atoms with Crippen molar-refractivity contribution in [2.45, 2.75) is 64.6 Å². The number of benzene rings is 2. The van der Waals surface area contributed by atoms with Gasteiger partial charge in [-0.15, -0.1) is 0 Å². The van der Waals surface area contributed by atoms with Gasteiger partial charge < -0.3 is 29.4 Å². The molecule has 3 atom stereocenters. The number of amides is 1. The lowest BCUT2D eigenvalue weighted by Crippen LogP contribution is -2.58. The highest BCUT2D eigenvalue weighted by molar-refractivity contribution is 6.36. The molecule has 1 aromatic heterocycles. The number of ether oxygens (including phenoxy) is 1. The number of carbonyl (C=O) groups is 1. The van der Waals surface area contributed by atoms with E-state index < -0.39 is 18.6 Å². The van der Waals surface area contributed by atoms with Gasteiger partial charge in [0, 0.05) is 48.2 Å². The second kappa shape index (κ2) is 12.4. The molecule has 0 aliphatic carbocycles. The van der Waals surface area contributed by atoms with Crippen LogP contribution in [0.25, 0.3) is 10.8 Å². The lowest BCUT2D eigenvalue weighted by atomic mass is 9.73. The van der Waals surface area contributed by atoms with Crippen molar-refractivity contribution in [1.82, 2.24) is 19.8 Å². The number of fused-ring (bicyclic) bond motifs is 2. The van der Waals surface area contributed by atoms with Gasteiger partial charge in [0.25, 0.3) is 6.43 Å². The molecule has 4 heterocycles. The molecule has 3 aliphatic rings. The fourth-order valence-corrected chi connectivity index (χ4v) is 7.33. The van der Waals surface area contributed by atoms with Crippen molar-refractivity contribution < 1.29 is 23.4 Å². The van der Waals surface area contributed by atoms with E-state index in [-0.39, 0.29) is 43.0 Å². The van der Waals surface area contributed by atoms with Crippen molar-refractivity contribution in [1.29, 1.82) is 0 Å². The van der Waals surface area contributed by atoms with E-state index in [0.717, 1.165) is 52.0 Å². The quantitative estimate of drug-likeness (QED) is 0.334. The average Bonchev–Trinajstić information content (AvgIpc) is 3.42. The summed E-state index contributed by atoms with van der Waals surface area (Å²) in [7, 11) is 2.07. The Morgan fingerprint density at radius 2 is 1.87 bits per heavy atom. The van der Waals surface area contributed by atoms with Crippen LogP contribution >= 0.6 is 11.6 Å². The largest absolute Gasteiger partial charge is 0.465 e. The maximum atomic E-state index is 14.7. The van der Waals surface area contributed by atoms with E-state index in [4.69, 9.17) is 26.3 Å². The van der Waals surface area contributed by atoms with E-state index in [1.165, 1.54) is 0 Å². The van der Waals surface area contributed by atoms with Gasteiger partial charge in [-0.3, -0.25) is 0 Å². The van der Waals surface area contributed by atoms with Crippen molar-refractivity contribution in [3.63, 3.8) is 0 Å². The standard InChI is InChI=1S/C33H41ClF2N6O3/c1-33(2,3)22-16-41(25-12-6-9-20-8-5-11-23(34)27(20)25)17-24-28(22)30(38-31(37-24)45-19-21-10-7-13-39(21)4)42-15-14-40(32(43)44)18-26(42)29(35)36/h5-6,8-9,11-12,21-22,26,29H,7,10,13-19H2,1-4H3,(H,43,44)/t21-,22?,26+/m0/s1. The zero-order chi connectivity index (χ0) is 32.0. The molecule has 0 saturated carbocycles. The van der Waals surface area contributed by atoms with Crippen molar-refractivity contribution >= 4 is 40.0 Å². The molecule has 1 amide bonds. The van der Waals surface area contributed by atoms with E-state index in [0.29, 0.717) is 30.5 Å². The normalized spacial score (nSPS) is 22.8. The summed E-state index contributed by atoms with van der Waals surface area (Å²) in [5.41, 5.74) is 2.23. The van der Waals surface area contributed by atoms with E-state index in [1.807, 2.05) is 30.3 Å². The number of alkyl halides is 2. The summed E-state index contributed by atoms with van der Waals surface area (Å²) in [5.74, 6) is 0.278. The van der Waals surface area contributed by atoms with Gasteiger partial charge in [-0.25, -0.2) is 13.6 Å². The van der Waals surface area contributed by atoms with Gasteiger partial charge in [-0.2, -0.15) is 9.97 Å². The van der Waals surface area contributed by atoms with Gasteiger partial charge in [-0.05, 0) is 49.4 Å². The maximum absolute atomic E-state index is 14.7. The molecule has 1 N–H and O–H groups in total. The lowest BCUT2D eigenvalue weighted by molar-refractivity contribution is 0.0702. The zero-order valence-electron chi connectivity index (χ0n) is 26.2. The minimum absolute atomic E-state index is 0.0923. The van der Waals surface area contributed by atoms with Crippen LogP contribution in [0.15, 0.2) is 36.4 Å². The lowest BCUT2D eigenvalue weighted by Gasteiger charge is -2.46. The number of piperazine rings is 1. The number of carboxylic acid groups (broad SMARTS) is 1. The number of rotatable bonds is 6. The summed E-state index contributed by atoms with van der Waals surface area (Å²) in [6.07, 6.45) is -1.90. The number of aromatic nitrogens is 2. The summed E-state index contributed by atoms with van der Waals surface area (Å²) in [6, 6.07) is 11.0. The molecule has 2 saturated heterocycles. The molecule has 1 unspecified atom stereocenters. The first kappa shape index (κ1) is 31.5.